The second-order valence-electron chi connectivity index (χ2n) is 16.1. The Morgan fingerprint density at radius 2 is 1.11 bits per heavy atom. The maximum Gasteiger partial charge on any atom is 0.312 e. The summed E-state index contributed by atoms with van der Waals surface area (Å²) in [5, 5.41) is 9.00. The van der Waals surface area contributed by atoms with E-state index in [0.717, 1.165) is 103 Å². The SMILES string of the molecule is CCCCCCCCCCCCCCCC12CC3(COC(=O)CCCCCCCCCC1(CCCCCCCC(=O)O)C(=O)OC3)C2. The molecule has 0 aromatic heterocycles. The minimum Gasteiger partial charge on any atom is -0.481 e. The molecule has 6 heteroatoms. The molecule has 1 unspecified atom stereocenters. The van der Waals surface area contributed by atoms with Crippen molar-refractivity contribution < 1.29 is 29.0 Å². The maximum atomic E-state index is 14.2. The van der Waals surface area contributed by atoms with Crippen molar-refractivity contribution in [1.29, 1.82) is 0 Å². The number of ether oxygens (including phenoxy) is 2. The van der Waals surface area contributed by atoms with Gasteiger partial charge in [0.25, 0.3) is 0 Å². The highest BCUT2D eigenvalue weighted by atomic mass is 16.5. The van der Waals surface area contributed by atoms with E-state index in [1.165, 1.54) is 89.9 Å². The van der Waals surface area contributed by atoms with Crippen molar-refractivity contribution in [2.45, 2.75) is 212 Å². The molecule has 0 spiro atoms. The van der Waals surface area contributed by atoms with Crippen molar-refractivity contribution in [3.8, 4) is 0 Å². The van der Waals surface area contributed by atoms with E-state index in [9.17, 15) is 14.4 Å². The summed E-state index contributed by atoms with van der Waals surface area (Å²) in [5.74, 6) is -0.788. The van der Waals surface area contributed by atoms with Gasteiger partial charge in [0.15, 0.2) is 0 Å². The summed E-state index contributed by atoms with van der Waals surface area (Å²) < 4.78 is 12.1. The lowest BCUT2D eigenvalue weighted by Crippen LogP contribution is -2.58. The van der Waals surface area contributed by atoms with Crippen LogP contribution in [-0.2, 0) is 23.9 Å². The third-order valence-corrected chi connectivity index (χ3v) is 12.1. The molecule has 3 aliphatic heterocycles. The van der Waals surface area contributed by atoms with Gasteiger partial charge in [-0.05, 0) is 50.4 Å². The molecule has 0 radical (unpaired) electrons. The average molecular weight is 661 g/mol. The molecule has 1 saturated carbocycles. The molecule has 3 heterocycles. The van der Waals surface area contributed by atoms with Crippen molar-refractivity contribution in [2.75, 3.05) is 13.2 Å². The van der Waals surface area contributed by atoms with E-state index in [2.05, 4.69) is 6.92 Å². The van der Waals surface area contributed by atoms with Gasteiger partial charge in [0.05, 0.1) is 5.41 Å². The lowest BCUT2D eigenvalue weighted by Gasteiger charge is -2.60. The van der Waals surface area contributed by atoms with Crippen LogP contribution < -0.4 is 0 Å². The average Bonchev–Trinajstić information content (AvgIpc) is 3.19. The zero-order valence-electron chi connectivity index (χ0n) is 30.5. The van der Waals surface area contributed by atoms with Crippen LogP contribution in [0.4, 0.5) is 0 Å². The summed E-state index contributed by atoms with van der Waals surface area (Å²) in [5.41, 5.74) is -0.741. The van der Waals surface area contributed by atoms with Gasteiger partial charge in [0.1, 0.15) is 13.2 Å². The molecule has 1 atom stereocenters. The molecule has 4 rings (SSSR count). The quantitative estimate of drug-likeness (QED) is 0.0918. The first-order chi connectivity index (χ1) is 22.9. The van der Waals surface area contributed by atoms with Gasteiger partial charge in [-0.1, -0.05) is 155 Å². The van der Waals surface area contributed by atoms with E-state index < -0.39 is 11.4 Å². The molecule has 4 aliphatic rings. The summed E-state index contributed by atoms with van der Waals surface area (Å²) in [6, 6.07) is 0. The van der Waals surface area contributed by atoms with Gasteiger partial charge in [0.2, 0.25) is 0 Å². The molecule has 0 amide bonds. The smallest absolute Gasteiger partial charge is 0.312 e. The first-order valence-corrected chi connectivity index (χ1v) is 20.4. The summed E-state index contributed by atoms with van der Waals surface area (Å²) in [6.45, 7) is 3.05. The Morgan fingerprint density at radius 1 is 0.617 bits per heavy atom. The number of hydrogen-bond donors (Lipinski definition) is 1. The molecule has 0 aromatic carbocycles. The topological polar surface area (TPSA) is 89.9 Å². The number of esters is 2. The summed E-state index contributed by atoms with van der Waals surface area (Å²) in [4.78, 5) is 37.8. The Labute approximate surface area is 288 Å². The number of hydrogen-bond acceptors (Lipinski definition) is 5. The van der Waals surface area contributed by atoms with Crippen molar-refractivity contribution in [1.82, 2.24) is 0 Å². The number of carboxylic acids is 1. The van der Waals surface area contributed by atoms with Gasteiger partial charge >= 0.3 is 17.9 Å². The van der Waals surface area contributed by atoms with Crippen molar-refractivity contribution in [3.05, 3.63) is 0 Å². The minimum atomic E-state index is -0.717. The Kier molecular flexibility index (Phi) is 18.8. The number of unbranched alkanes of at least 4 members (excludes halogenated alkanes) is 16. The van der Waals surface area contributed by atoms with Crippen molar-refractivity contribution in [2.24, 2.45) is 16.2 Å². The van der Waals surface area contributed by atoms with Gasteiger partial charge in [-0.2, -0.15) is 0 Å². The van der Waals surface area contributed by atoms with Crippen LogP contribution in [0.3, 0.4) is 0 Å². The van der Waals surface area contributed by atoms with E-state index in [0.29, 0.717) is 19.6 Å². The molecule has 4 fully saturated rings. The first-order valence-electron chi connectivity index (χ1n) is 20.4. The minimum absolute atomic E-state index is 0.0214. The highest BCUT2D eigenvalue weighted by Crippen LogP contribution is 2.70. The van der Waals surface area contributed by atoms with Crippen LogP contribution >= 0.6 is 0 Å². The van der Waals surface area contributed by atoms with Crippen LogP contribution in [0.1, 0.15) is 212 Å². The first kappa shape index (κ1) is 39.8. The Balaban J connectivity index is 1.61. The van der Waals surface area contributed by atoms with Gasteiger partial charge < -0.3 is 14.6 Å². The highest BCUT2D eigenvalue weighted by Gasteiger charge is 2.69. The fourth-order valence-corrected chi connectivity index (χ4v) is 9.42. The van der Waals surface area contributed by atoms with Crippen LogP contribution in [0.25, 0.3) is 0 Å². The van der Waals surface area contributed by atoms with E-state index in [-0.39, 0.29) is 29.2 Å². The van der Waals surface area contributed by atoms with E-state index >= 15 is 0 Å². The Morgan fingerprint density at radius 3 is 1.70 bits per heavy atom. The summed E-state index contributed by atoms with van der Waals surface area (Å²) in [6.07, 6.45) is 35.3. The second-order valence-corrected chi connectivity index (χ2v) is 16.1. The zero-order valence-corrected chi connectivity index (χ0v) is 30.5. The van der Waals surface area contributed by atoms with E-state index in [1.807, 2.05) is 0 Å². The monoisotopic (exact) mass is 661 g/mol. The third kappa shape index (κ3) is 13.3. The lowest BCUT2D eigenvalue weighted by atomic mass is 9.41. The van der Waals surface area contributed by atoms with Gasteiger partial charge in [-0.15, -0.1) is 0 Å². The predicted molar refractivity (Wildman–Crippen MR) is 190 cm³/mol. The van der Waals surface area contributed by atoms with Crippen LogP contribution in [0, 0.1) is 16.2 Å². The zero-order chi connectivity index (χ0) is 33.7. The predicted octanol–water partition coefficient (Wildman–Crippen LogP) is 11.7. The van der Waals surface area contributed by atoms with Gasteiger partial charge in [0, 0.05) is 18.3 Å². The number of carbonyl (C=O) groups excluding carboxylic acids is 2. The molecule has 272 valence electrons. The number of aliphatic carboxylic acids is 1. The number of carboxylic acid groups (broad SMARTS) is 1. The molecular formula is C41H72O6. The van der Waals surface area contributed by atoms with Crippen LogP contribution in [-0.4, -0.2) is 36.2 Å². The molecule has 0 aromatic rings. The van der Waals surface area contributed by atoms with E-state index in [4.69, 9.17) is 14.6 Å². The van der Waals surface area contributed by atoms with Crippen LogP contribution in [0.5, 0.6) is 0 Å². The maximum absolute atomic E-state index is 14.2. The molecular weight excluding hydrogens is 588 g/mol. The molecule has 47 heavy (non-hydrogen) atoms. The Hall–Kier alpha value is -1.59. The number of fused-ring (bicyclic) bond motifs is 2. The standard InChI is InChI=1S/C41H72O6/c1-2-3-4-5-6-7-8-9-10-11-14-19-24-29-40-32-39(33-40)34-46-37(44)28-23-18-13-12-15-20-25-30-41(40,38(45)47-35-39)31-26-21-16-17-22-27-36(42)43/h2-35H2,1H3,(H,42,43). The number of cyclic esters (lactones) is 1. The van der Waals surface area contributed by atoms with Crippen molar-refractivity contribution >= 4 is 17.9 Å². The fraction of sp³-hybridized carbons (Fsp3) is 0.927. The van der Waals surface area contributed by atoms with Crippen LogP contribution in [0.2, 0.25) is 0 Å². The Bertz CT molecular complexity index is 892. The number of rotatable bonds is 22. The van der Waals surface area contributed by atoms with Crippen molar-refractivity contribution in [3.63, 3.8) is 0 Å². The molecule has 3 saturated heterocycles. The molecule has 6 nitrogen and oxygen atoms in total. The molecule has 3 bridgehead atoms. The van der Waals surface area contributed by atoms with Gasteiger partial charge in [-0.25, -0.2) is 0 Å². The second kappa shape index (κ2) is 22.2. The molecule has 1 N–H and O–H groups in total. The normalized spacial score (nSPS) is 27.1. The molecule has 1 aliphatic carbocycles. The van der Waals surface area contributed by atoms with Gasteiger partial charge in [-0.3, -0.25) is 14.4 Å². The highest BCUT2D eigenvalue weighted by molar-refractivity contribution is 5.79. The van der Waals surface area contributed by atoms with Crippen LogP contribution in [0.15, 0.2) is 0 Å². The lowest BCUT2D eigenvalue weighted by molar-refractivity contribution is -0.176. The fourth-order valence-electron chi connectivity index (χ4n) is 9.42. The largest absolute Gasteiger partial charge is 0.481 e. The summed E-state index contributed by atoms with van der Waals surface area (Å²) >= 11 is 0. The van der Waals surface area contributed by atoms with E-state index in [1.54, 1.807) is 0 Å². The third-order valence-electron chi connectivity index (χ3n) is 12.1. The number of carbonyl (C=O) groups is 3. The summed E-state index contributed by atoms with van der Waals surface area (Å²) in [7, 11) is 0.